The van der Waals surface area contributed by atoms with Crippen LogP contribution >= 0.6 is 11.3 Å². The summed E-state index contributed by atoms with van der Waals surface area (Å²) in [5, 5.41) is 3.31. The van der Waals surface area contributed by atoms with Crippen LogP contribution in [0.3, 0.4) is 0 Å². The van der Waals surface area contributed by atoms with Crippen LogP contribution in [0, 0.1) is 0 Å². The summed E-state index contributed by atoms with van der Waals surface area (Å²) in [5.74, 6) is 0.264. The van der Waals surface area contributed by atoms with Gasteiger partial charge in [-0.1, -0.05) is 39.8 Å². The van der Waals surface area contributed by atoms with Gasteiger partial charge in [0.15, 0.2) is 11.2 Å². The lowest BCUT2D eigenvalue weighted by molar-refractivity contribution is -0.132. The maximum atomic E-state index is 13.2. The molecule has 1 aromatic carbocycles. The number of rotatable bonds is 4. The van der Waals surface area contributed by atoms with Gasteiger partial charge < -0.3 is 9.47 Å². The Morgan fingerprint density at radius 3 is 2.39 bits per heavy atom. The number of aromatic nitrogens is 5. The normalized spacial score (nSPS) is 18.5. The van der Waals surface area contributed by atoms with Crippen molar-refractivity contribution >= 4 is 28.4 Å². The van der Waals surface area contributed by atoms with Gasteiger partial charge in [0.1, 0.15) is 6.54 Å². The van der Waals surface area contributed by atoms with Crippen LogP contribution in [0.1, 0.15) is 75.4 Å². The Morgan fingerprint density at radius 1 is 1.00 bits per heavy atom. The quantitative estimate of drug-likeness (QED) is 0.362. The lowest BCUT2D eigenvalue weighted by atomic mass is 9.63. The van der Waals surface area contributed by atoms with Crippen LogP contribution in [0.5, 0.6) is 0 Å². The molecule has 1 fully saturated rings. The molecule has 1 saturated heterocycles. The van der Waals surface area contributed by atoms with Crippen molar-refractivity contribution in [2.24, 2.45) is 14.1 Å². The third-order valence-corrected chi connectivity index (χ3v) is 10.4. The number of hydrogen-bond acceptors (Lipinski definition) is 6. The number of likely N-dealkylation sites (tertiary alicyclic amines) is 1. The molecule has 4 heterocycles. The van der Waals surface area contributed by atoms with E-state index in [0.717, 1.165) is 28.1 Å². The molecule has 0 N–H and O–H groups in total. The van der Waals surface area contributed by atoms with E-state index in [1.54, 1.807) is 23.0 Å². The van der Waals surface area contributed by atoms with E-state index in [-0.39, 0.29) is 34.4 Å². The van der Waals surface area contributed by atoms with Crippen molar-refractivity contribution in [2.45, 2.75) is 76.7 Å². The van der Waals surface area contributed by atoms with E-state index in [9.17, 15) is 14.4 Å². The van der Waals surface area contributed by atoms with Gasteiger partial charge in [-0.25, -0.2) is 14.8 Å². The molecule has 0 radical (unpaired) electrons. The highest BCUT2D eigenvalue weighted by atomic mass is 32.1. The molecule has 1 aliphatic carbocycles. The lowest BCUT2D eigenvalue weighted by Crippen LogP contribution is -2.40. The first-order valence-corrected chi connectivity index (χ1v) is 15.2. The van der Waals surface area contributed by atoms with E-state index in [4.69, 9.17) is 4.98 Å². The van der Waals surface area contributed by atoms with Crippen LogP contribution in [-0.4, -0.2) is 47.6 Å². The zero-order valence-electron chi connectivity index (χ0n) is 24.7. The number of thiazole rings is 1. The highest BCUT2D eigenvalue weighted by Gasteiger charge is 2.37. The van der Waals surface area contributed by atoms with Gasteiger partial charge >= 0.3 is 5.69 Å². The highest BCUT2D eigenvalue weighted by molar-refractivity contribution is 7.10. The molecule has 9 nitrogen and oxygen atoms in total. The van der Waals surface area contributed by atoms with Crippen molar-refractivity contribution in [3.05, 3.63) is 66.9 Å². The molecule has 1 amide bonds. The number of carbonyl (C=O) groups excluding carboxylic acids is 1. The number of benzene rings is 1. The lowest BCUT2D eigenvalue weighted by Gasteiger charge is -2.42. The van der Waals surface area contributed by atoms with Crippen molar-refractivity contribution < 1.29 is 4.79 Å². The molecule has 3 aromatic heterocycles. The zero-order valence-corrected chi connectivity index (χ0v) is 25.5. The number of piperidine rings is 1. The molecule has 216 valence electrons. The number of carbonyl (C=O) groups is 1. The molecule has 0 unspecified atom stereocenters. The van der Waals surface area contributed by atoms with Gasteiger partial charge in [0.05, 0.1) is 17.0 Å². The summed E-state index contributed by atoms with van der Waals surface area (Å²) < 4.78 is 3.93. The van der Waals surface area contributed by atoms with Gasteiger partial charge in [0, 0.05) is 44.0 Å². The molecule has 41 heavy (non-hydrogen) atoms. The molecule has 0 atom stereocenters. The average Bonchev–Trinajstić information content (AvgIpc) is 3.61. The van der Waals surface area contributed by atoms with Gasteiger partial charge in [0.25, 0.3) is 5.56 Å². The van der Waals surface area contributed by atoms with E-state index >= 15 is 0 Å². The number of fused-ring (bicyclic) bond motifs is 2. The first-order valence-electron chi connectivity index (χ1n) is 14.4. The summed E-state index contributed by atoms with van der Waals surface area (Å²) in [4.78, 5) is 49.3. The fourth-order valence-electron chi connectivity index (χ4n) is 6.49. The summed E-state index contributed by atoms with van der Waals surface area (Å²) in [5.41, 5.74) is 5.14. The van der Waals surface area contributed by atoms with Gasteiger partial charge in [-0.3, -0.25) is 18.7 Å². The summed E-state index contributed by atoms with van der Waals surface area (Å²) in [6.07, 6.45) is 5.56. The number of amides is 1. The van der Waals surface area contributed by atoms with Crippen molar-refractivity contribution in [3.8, 4) is 11.3 Å². The van der Waals surface area contributed by atoms with E-state index < -0.39 is 11.2 Å². The van der Waals surface area contributed by atoms with Crippen LogP contribution in [0.4, 0.5) is 0 Å². The second-order valence-electron chi connectivity index (χ2n) is 13.0. The molecule has 0 spiro atoms. The molecule has 2 aliphatic rings. The van der Waals surface area contributed by atoms with E-state index in [2.05, 4.69) is 56.3 Å². The predicted molar refractivity (Wildman–Crippen MR) is 162 cm³/mol. The Labute approximate surface area is 243 Å². The van der Waals surface area contributed by atoms with Crippen molar-refractivity contribution in [1.29, 1.82) is 0 Å². The fourth-order valence-corrected chi connectivity index (χ4v) is 7.49. The highest BCUT2D eigenvalue weighted by Crippen LogP contribution is 2.47. The summed E-state index contributed by atoms with van der Waals surface area (Å²) in [7, 11) is 3.01. The van der Waals surface area contributed by atoms with Crippen LogP contribution in [0.2, 0.25) is 0 Å². The Balaban J connectivity index is 1.14. The van der Waals surface area contributed by atoms with Crippen LogP contribution < -0.4 is 11.2 Å². The molecule has 0 saturated carbocycles. The topological polar surface area (TPSA) is 95.0 Å². The first-order chi connectivity index (χ1) is 19.4. The van der Waals surface area contributed by atoms with Gasteiger partial charge in [-0.15, -0.1) is 11.3 Å². The van der Waals surface area contributed by atoms with Gasteiger partial charge in [-0.2, -0.15) is 0 Å². The van der Waals surface area contributed by atoms with Crippen molar-refractivity contribution in [1.82, 2.24) is 28.6 Å². The van der Waals surface area contributed by atoms with Crippen molar-refractivity contribution in [3.63, 3.8) is 0 Å². The van der Waals surface area contributed by atoms with Crippen LogP contribution in [-0.2, 0) is 36.3 Å². The number of hydrogen-bond donors (Lipinski definition) is 0. The smallest absolute Gasteiger partial charge is 0.332 e. The minimum Gasteiger partial charge on any atom is -0.341 e. The predicted octanol–water partition coefficient (Wildman–Crippen LogP) is 4.31. The third-order valence-electron chi connectivity index (χ3n) is 9.39. The molecule has 0 bridgehead atoms. The van der Waals surface area contributed by atoms with E-state index in [0.29, 0.717) is 19.0 Å². The summed E-state index contributed by atoms with van der Waals surface area (Å²) in [6, 6.07) is 6.90. The number of imidazole rings is 1. The number of aryl methyl sites for hydroxylation is 1. The molecule has 1 aliphatic heterocycles. The Kier molecular flexibility index (Phi) is 6.60. The molecule has 4 aromatic rings. The minimum atomic E-state index is -0.446. The second kappa shape index (κ2) is 9.79. The molecular weight excluding hydrogens is 536 g/mol. The SMILES string of the molecule is Cn1c(=O)c2c(ncn2CC(=O)N2CCC(c3nc(-c4ccc5c(c4)C(C)(C)CCC5(C)C)cs3)CC2)n(C)c1=O. The average molecular weight is 575 g/mol. The number of nitrogens with zero attached hydrogens (tertiary/aromatic N) is 6. The standard InChI is InChI=1S/C31H38N6O3S/c1-30(2)11-12-31(3,4)22-15-20(7-8-21(22)30)23-17-41-27(33-23)19-9-13-36(14-10-19)24(38)16-37-18-32-26-25(37)28(39)35(6)29(40)34(26)5/h7-8,15,17-19H,9-14,16H2,1-6H3. The molecular formula is C31H38N6O3S. The largest absolute Gasteiger partial charge is 0.341 e. The van der Waals surface area contributed by atoms with Crippen molar-refractivity contribution in [2.75, 3.05) is 13.1 Å². The third kappa shape index (κ3) is 4.66. The Hall–Kier alpha value is -3.53. The maximum absolute atomic E-state index is 13.2. The minimum absolute atomic E-state index is 0.0154. The van der Waals surface area contributed by atoms with Gasteiger partial charge in [-0.05, 0) is 53.7 Å². The van der Waals surface area contributed by atoms with Crippen LogP contribution in [0.15, 0.2) is 39.5 Å². The first kappa shape index (κ1) is 27.6. The fraction of sp³-hybridized carbons (Fsp3) is 0.516. The maximum Gasteiger partial charge on any atom is 0.332 e. The summed E-state index contributed by atoms with van der Waals surface area (Å²) in [6.45, 7) is 10.7. The second-order valence-corrected chi connectivity index (χ2v) is 13.9. The Bertz CT molecular complexity index is 1780. The Morgan fingerprint density at radius 2 is 1.68 bits per heavy atom. The van der Waals surface area contributed by atoms with E-state index in [1.807, 2.05) is 4.90 Å². The summed E-state index contributed by atoms with van der Waals surface area (Å²) >= 11 is 1.72. The monoisotopic (exact) mass is 574 g/mol. The zero-order chi connectivity index (χ0) is 29.3. The molecule has 10 heteroatoms. The van der Waals surface area contributed by atoms with Crippen LogP contribution in [0.25, 0.3) is 22.4 Å². The molecule has 6 rings (SSSR count). The van der Waals surface area contributed by atoms with Gasteiger partial charge in [0.2, 0.25) is 5.91 Å². The van der Waals surface area contributed by atoms with E-state index in [1.165, 1.54) is 47.5 Å².